The summed E-state index contributed by atoms with van der Waals surface area (Å²) < 4.78 is 0. The van der Waals surface area contributed by atoms with Crippen molar-refractivity contribution in [2.45, 2.75) is 26.3 Å². The van der Waals surface area contributed by atoms with Crippen LogP contribution in [0, 0.1) is 17.0 Å². The lowest BCUT2D eigenvalue weighted by Crippen LogP contribution is -2.29. The molecule has 1 aromatic heterocycles. The van der Waals surface area contributed by atoms with E-state index in [1.807, 2.05) is 6.92 Å². The molecule has 21 heavy (non-hydrogen) atoms. The molecule has 0 spiro atoms. The highest BCUT2D eigenvalue weighted by molar-refractivity contribution is 5.98. The molecular formula is C14H16N4O3. The number of rotatable bonds is 5. The molecule has 0 fully saturated rings. The predicted molar refractivity (Wildman–Crippen MR) is 76.9 cm³/mol. The minimum atomic E-state index is -0.530. The van der Waals surface area contributed by atoms with Crippen molar-refractivity contribution in [2.24, 2.45) is 0 Å². The van der Waals surface area contributed by atoms with Crippen LogP contribution in [0.5, 0.6) is 0 Å². The van der Waals surface area contributed by atoms with Crippen molar-refractivity contribution in [1.82, 2.24) is 15.3 Å². The minimum absolute atomic E-state index is 0.0602. The first-order valence-electron chi connectivity index (χ1n) is 6.58. The fourth-order valence-electron chi connectivity index (χ4n) is 2.15. The summed E-state index contributed by atoms with van der Waals surface area (Å²) in [6, 6.07) is 4.38. The summed E-state index contributed by atoms with van der Waals surface area (Å²) in [4.78, 5) is 30.0. The van der Waals surface area contributed by atoms with Crippen LogP contribution in [0.1, 0.15) is 41.1 Å². The number of benzene rings is 1. The van der Waals surface area contributed by atoms with E-state index in [4.69, 9.17) is 0 Å². The van der Waals surface area contributed by atoms with Gasteiger partial charge in [0, 0.05) is 18.0 Å². The summed E-state index contributed by atoms with van der Waals surface area (Å²) in [5, 5.41) is 13.9. The Morgan fingerprint density at radius 3 is 2.86 bits per heavy atom. The topological polar surface area (TPSA) is 101 Å². The van der Waals surface area contributed by atoms with Crippen LogP contribution in [-0.2, 0) is 0 Å². The Labute approximate surface area is 121 Å². The number of hydrogen-bond acceptors (Lipinski definition) is 4. The molecule has 1 atom stereocenters. The van der Waals surface area contributed by atoms with E-state index in [9.17, 15) is 14.9 Å². The van der Waals surface area contributed by atoms with Gasteiger partial charge < -0.3 is 10.3 Å². The molecule has 7 nitrogen and oxygen atoms in total. The standard InChI is InChI=1S/C14H16N4O3/c1-3-11(13-15-7-8-16-13)17-14(19)10-6-4-5-9(2)12(10)18(20)21/h4-8,11H,3H2,1-2H3,(H,15,16)(H,17,19). The van der Waals surface area contributed by atoms with E-state index in [2.05, 4.69) is 15.3 Å². The molecular weight excluding hydrogens is 272 g/mol. The SMILES string of the molecule is CCC(NC(=O)c1cccc(C)c1[N+](=O)[O-])c1ncc[nH]1. The molecule has 2 N–H and O–H groups in total. The molecule has 1 unspecified atom stereocenters. The predicted octanol–water partition coefficient (Wildman–Crippen LogP) is 2.51. The fraction of sp³-hybridized carbons (Fsp3) is 0.286. The first kappa shape index (κ1) is 14.7. The molecule has 0 aliphatic carbocycles. The quantitative estimate of drug-likeness (QED) is 0.652. The molecule has 1 amide bonds. The molecule has 0 radical (unpaired) electrons. The maximum Gasteiger partial charge on any atom is 0.285 e. The third-order valence-corrected chi connectivity index (χ3v) is 3.23. The van der Waals surface area contributed by atoms with Crippen molar-refractivity contribution in [3.8, 4) is 0 Å². The van der Waals surface area contributed by atoms with Gasteiger partial charge in [-0.3, -0.25) is 14.9 Å². The highest BCUT2D eigenvalue weighted by Crippen LogP contribution is 2.24. The lowest BCUT2D eigenvalue weighted by atomic mass is 10.1. The van der Waals surface area contributed by atoms with Crippen molar-refractivity contribution in [3.63, 3.8) is 0 Å². The Hall–Kier alpha value is -2.70. The summed E-state index contributed by atoms with van der Waals surface area (Å²) >= 11 is 0. The lowest BCUT2D eigenvalue weighted by molar-refractivity contribution is -0.385. The van der Waals surface area contributed by atoms with Gasteiger partial charge in [-0.1, -0.05) is 19.1 Å². The van der Waals surface area contributed by atoms with Gasteiger partial charge >= 0.3 is 0 Å². The molecule has 110 valence electrons. The molecule has 0 aliphatic rings. The minimum Gasteiger partial charge on any atom is -0.347 e. The molecule has 0 saturated heterocycles. The average molecular weight is 288 g/mol. The Kier molecular flexibility index (Phi) is 4.32. The molecule has 0 bridgehead atoms. The number of carbonyl (C=O) groups is 1. The number of aryl methyl sites for hydroxylation is 1. The summed E-state index contributed by atoms with van der Waals surface area (Å²) in [6.07, 6.45) is 3.89. The largest absolute Gasteiger partial charge is 0.347 e. The maximum absolute atomic E-state index is 12.3. The zero-order valence-electron chi connectivity index (χ0n) is 11.8. The van der Waals surface area contributed by atoms with E-state index < -0.39 is 10.8 Å². The van der Waals surface area contributed by atoms with Crippen LogP contribution in [0.3, 0.4) is 0 Å². The van der Waals surface area contributed by atoms with Gasteiger partial charge in [-0.25, -0.2) is 4.98 Å². The number of hydrogen-bond donors (Lipinski definition) is 2. The van der Waals surface area contributed by atoms with Crippen LogP contribution in [0.2, 0.25) is 0 Å². The zero-order chi connectivity index (χ0) is 15.4. The summed E-state index contributed by atoms with van der Waals surface area (Å²) in [5.41, 5.74) is 0.355. The summed E-state index contributed by atoms with van der Waals surface area (Å²) in [6.45, 7) is 3.51. The van der Waals surface area contributed by atoms with Crippen molar-refractivity contribution in [1.29, 1.82) is 0 Å². The molecule has 0 aliphatic heterocycles. The van der Waals surface area contributed by atoms with Gasteiger partial charge in [0.05, 0.1) is 11.0 Å². The van der Waals surface area contributed by atoms with Gasteiger partial charge in [0.1, 0.15) is 11.4 Å². The number of nitro groups is 1. The number of nitrogens with one attached hydrogen (secondary N) is 2. The molecule has 2 aromatic rings. The molecule has 1 heterocycles. The number of carbonyl (C=O) groups excluding carboxylic acids is 1. The number of para-hydroxylation sites is 1. The normalized spacial score (nSPS) is 11.9. The van der Waals surface area contributed by atoms with Crippen molar-refractivity contribution >= 4 is 11.6 Å². The third kappa shape index (κ3) is 3.07. The van der Waals surface area contributed by atoms with E-state index in [0.29, 0.717) is 17.8 Å². The van der Waals surface area contributed by atoms with Crippen LogP contribution >= 0.6 is 0 Å². The van der Waals surface area contributed by atoms with E-state index in [1.165, 1.54) is 6.07 Å². The molecule has 1 aromatic carbocycles. The van der Waals surface area contributed by atoms with Gasteiger partial charge in [0.25, 0.3) is 11.6 Å². The van der Waals surface area contributed by atoms with Crippen LogP contribution in [0.15, 0.2) is 30.6 Å². The highest BCUT2D eigenvalue weighted by Gasteiger charge is 2.24. The second-order valence-electron chi connectivity index (χ2n) is 4.64. The van der Waals surface area contributed by atoms with Crippen LogP contribution in [-0.4, -0.2) is 20.8 Å². The third-order valence-electron chi connectivity index (χ3n) is 3.23. The van der Waals surface area contributed by atoms with Crippen molar-refractivity contribution in [3.05, 3.63) is 57.7 Å². The molecule has 2 rings (SSSR count). The van der Waals surface area contributed by atoms with E-state index in [1.54, 1.807) is 31.5 Å². The van der Waals surface area contributed by atoms with Gasteiger partial charge in [-0.2, -0.15) is 0 Å². The van der Waals surface area contributed by atoms with Gasteiger partial charge in [0.2, 0.25) is 0 Å². The average Bonchev–Trinajstić information content (AvgIpc) is 2.97. The number of aromatic amines is 1. The molecule has 7 heteroatoms. The number of amides is 1. The van der Waals surface area contributed by atoms with E-state index in [-0.39, 0.29) is 17.3 Å². The van der Waals surface area contributed by atoms with E-state index in [0.717, 1.165) is 0 Å². The Morgan fingerprint density at radius 2 is 2.29 bits per heavy atom. The molecule has 0 saturated carbocycles. The second-order valence-corrected chi connectivity index (χ2v) is 4.64. The number of imidazole rings is 1. The van der Waals surface area contributed by atoms with Crippen LogP contribution in [0.25, 0.3) is 0 Å². The highest BCUT2D eigenvalue weighted by atomic mass is 16.6. The van der Waals surface area contributed by atoms with Gasteiger partial charge in [-0.05, 0) is 19.4 Å². The maximum atomic E-state index is 12.3. The number of nitro benzene ring substituents is 1. The lowest BCUT2D eigenvalue weighted by Gasteiger charge is -2.15. The zero-order valence-corrected chi connectivity index (χ0v) is 11.8. The second kappa shape index (κ2) is 6.17. The monoisotopic (exact) mass is 288 g/mol. The fourth-order valence-corrected chi connectivity index (χ4v) is 2.15. The number of H-pyrrole nitrogens is 1. The number of aromatic nitrogens is 2. The van der Waals surface area contributed by atoms with Crippen molar-refractivity contribution < 1.29 is 9.72 Å². The Balaban J connectivity index is 2.29. The Morgan fingerprint density at radius 1 is 1.52 bits per heavy atom. The first-order valence-corrected chi connectivity index (χ1v) is 6.58. The number of nitrogens with zero attached hydrogens (tertiary/aromatic N) is 2. The van der Waals surface area contributed by atoms with Gasteiger partial charge in [0.15, 0.2) is 0 Å². The van der Waals surface area contributed by atoms with Crippen LogP contribution < -0.4 is 5.32 Å². The Bertz CT molecular complexity index is 652. The summed E-state index contributed by atoms with van der Waals surface area (Å²) in [7, 11) is 0. The van der Waals surface area contributed by atoms with E-state index >= 15 is 0 Å². The smallest absolute Gasteiger partial charge is 0.285 e. The van der Waals surface area contributed by atoms with Crippen molar-refractivity contribution in [2.75, 3.05) is 0 Å². The van der Waals surface area contributed by atoms with Crippen LogP contribution in [0.4, 0.5) is 5.69 Å². The summed E-state index contributed by atoms with van der Waals surface area (Å²) in [5.74, 6) is 0.148. The first-order chi connectivity index (χ1) is 10.0. The van der Waals surface area contributed by atoms with Gasteiger partial charge in [-0.15, -0.1) is 0 Å².